The van der Waals surface area contributed by atoms with Gasteiger partial charge in [0.15, 0.2) is 18.1 Å². The van der Waals surface area contributed by atoms with Crippen molar-refractivity contribution >= 4 is 27.7 Å². The van der Waals surface area contributed by atoms with Gasteiger partial charge in [-0.3, -0.25) is 14.5 Å². The highest BCUT2D eigenvalue weighted by Gasteiger charge is 2.31. The number of sulfonamides is 1. The van der Waals surface area contributed by atoms with Crippen molar-refractivity contribution in [3.05, 3.63) is 53.6 Å². The number of benzene rings is 2. The molecule has 0 saturated carbocycles. The molecule has 11 heteroatoms. The van der Waals surface area contributed by atoms with E-state index in [1.165, 1.54) is 13.0 Å². The highest BCUT2D eigenvalue weighted by molar-refractivity contribution is 7.90. The zero-order valence-electron chi connectivity index (χ0n) is 16.5. The Bertz CT molecular complexity index is 1180. The van der Waals surface area contributed by atoms with Crippen molar-refractivity contribution in [3.8, 4) is 11.5 Å². The van der Waals surface area contributed by atoms with Crippen LogP contribution in [0.2, 0.25) is 0 Å². The number of ether oxygens (including phenoxy) is 3. The number of amidine groups is 1. The second-order valence-corrected chi connectivity index (χ2v) is 8.48. The predicted octanol–water partition coefficient (Wildman–Crippen LogP) is 0.702. The quantitative estimate of drug-likeness (QED) is 0.626. The molecule has 162 valence electrons. The number of carbonyl (C=O) groups excluding carboxylic acids is 2. The van der Waals surface area contributed by atoms with Crippen LogP contribution in [0.15, 0.2) is 52.4 Å². The van der Waals surface area contributed by atoms with E-state index in [-0.39, 0.29) is 24.1 Å². The number of carbonyl (C=O) groups is 2. The van der Waals surface area contributed by atoms with Crippen LogP contribution < -0.4 is 19.5 Å². The normalized spacial score (nSPS) is 17.5. The lowest BCUT2D eigenvalue weighted by atomic mass is 10.2. The smallest absolute Gasteiger partial charge is 0.331 e. The van der Waals surface area contributed by atoms with Crippen LogP contribution in [0.25, 0.3) is 0 Å². The predicted molar refractivity (Wildman–Crippen MR) is 108 cm³/mol. The Morgan fingerprint density at radius 1 is 1.19 bits per heavy atom. The van der Waals surface area contributed by atoms with Crippen LogP contribution in [0.3, 0.4) is 0 Å². The summed E-state index contributed by atoms with van der Waals surface area (Å²) in [5, 5.41) is 2.64. The van der Waals surface area contributed by atoms with Gasteiger partial charge in [0.2, 0.25) is 6.79 Å². The average Bonchev–Trinajstić information content (AvgIpc) is 3.32. The van der Waals surface area contributed by atoms with E-state index in [1.807, 2.05) is 0 Å². The molecule has 2 aromatic rings. The minimum atomic E-state index is -3.70. The van der Waals surface area contributed by atoms with Crippen molar-refractivity contribution in [3.63, 3.8) is 0 Å². The lowest BCUT2D eigenvalue weighted by Gasteiger charge is -2.10. The van der Waals surface area contributed by atoms with Gasteiger partial charge in [-0.2, -0.15) is 0 Å². The van der Waals surface area contributed by atoms with Crippen LogP contribution in [0, 0.1) is 0 Å². The number of amides is 1. The van der Waals surface area contributed by atoms with Gasteiger partial charge in [-0.15, -0.1) is 0 Å². The van der Waals surface area contributed by atoms with E-state index in [1.54, 1.807) is 36.4 Å². The number of aliphatic imine (C=N–C) groups is 1. The summed E-state index contributed by atoms with van der Waals surface area (Å²) in [7, 11) is -3.70. The first kappa shape index (κ1) is 20.7. The van der Waals surface area contributed by atoms with E-state index in [0.29, 0.717) is 17.1 Å². The fourth-order valence-corrected chi connectivity index (χ4v) is 4.28. The zero-order chi connectivity index (χ0) is 22.0. The standard InChI is InChI=1S/C20H19N3O7S/c1-12(22-19-14-4-2-3-5-17(14)31(26,27)23-19)20(25)28-10-18(24)21-9-13-6-7-15-16(8-13)30-11-29-15/h2-8,12H,9-11H2,1H3,(H,21,24)(H,22,23)/t12-/m0/s1. The lowest BCUT2D eigenvalue weighted by Crippen LogP contribution is -2.31. The molecule has 2 N–H and O–H groups in total. The Morgan fingerprint density at radius 2 is 1.97 bits per heavy atom. The largest absolute Gasteiger partial charge is 0.454 e. The van der Waals surface area contributed by atoms with Crippen LogP contribution in [-0.4, -0.2) is 45.6 Å². The summed E-state index contributed by atoms with van der Waals surface area (Å²) < 4.78 is 42.0. The summed E-state index contributed by atoms with van der Waals surface area (Å²) >= 11 is 0. The van der Waals surface area contributed by atoms with E-state index < -0.39 is 34.5 Å². The SMILES string of the molecule is C[C@H](N=C1NS(=O)(=O)c2ccccc21)C(=O)OCC(=O)NCc1ccc2c(c1)OCO2. The van der Waals surface area contributed by atoms with E-state index in [9.17, 15) is 18.0 Å². The van der Waals surface area contributed by atoms with E-state index >= 15 is 0 Å². The molecule has 31 heavy (non-hydrogen) atoms. The maximum absolute atomic E-state index is 12.2. The van der Waals surface area contributed by atoms with Gasteiger partial charge in [0.1, 0.15) is 11.9 Å². The van der Waals surface area contributed by atoms with Gasteiger partial charge in [0.05, 0.1) is 4.90 Å². The fraction of sp³-hybridized carbons (Fsp3) is 0.250. The number of hydrogen-bond donors (Lipinski definition) is 2. The highest BCUT2D eigenvalue weighted by atomic mass is 32.2. The van der Waals surface area contributed by atoms with Crippen molar-refractivity contribution in [1.82, 2.24) is 10.0 Å². The third-order valence-corrected chi connectivity index (χ3v) is 6.00. The summed E-state index contributed by atoms with van der Waals surface area (Å²) in [6.07, 6.45) is 0. The Balaban J connectivity index is 1.29. The van der Waals surface area contributed by atoms with Gasteiger partial charge in [0, 0.05) is 12.1 Å². The first-order valence-corrected chi connectivity index (χ1v) is 10.8. The maximum Gasteiger partial charge on any atom is 0.331 e. The molecule has 2 heterocycles. The van der Waals surface area contributed by atoms with Crippen LogP contribution in [0.1, 0.15) is 18.1 Å². The fourth-order valence-electron chi connectivity index (χ4n) is 3.04. The molecule has 4 rings (SSSR count). The summed E-state index contributed by atoms with van der Waals surface area (Å²) in [6.45, 7) is 1.36. The Labute approximate surface area is 178 Å². The topological polar surface area (TPSA) is 132 Å². The summed E-state index contributed by atoms with van der Waals surface area (Å²) in [6, 6.07) is 10.6. The van der Waals surface area contributed by atoms with Gasteiger partial charge >= 0.3 is 5.97 Å². The van der Waals surface area contributed by atoms with Gasteiger partial charge in [-0.1, -0.05) is 18.2 Å². The number of nitrogens with zero attached hydrogens (tertiary/aromatic N) is 1. The molecule has 0 unspecified atom stereocenters. The Kier molecular flexibility index (Phi) is 5.51. The third kappa shape index (κ3) is 4.45. The first-order chi connectivity index (χ1) is 14.8. The summed E-state index contributed by atoms with van der Waals surface area (Å²) in [5.41, 5.74) is 1.18. The molecule has 0 aromatic heterocycles. The lowest BCUT2D eigenvalue weighted by molar-refractivity contribution is -0.149. The summed E-state index contributed by atoms with van der Waals surface area (Å²) in [5.74, 6) is 0.0708. The first-order valence-electron chi connectivity index (χ1n) is 9.35. The van der Waals surface area contributed by atoms with Gasteiger partial charge in [-0.05, 0) is 36.8 Å². The molecular weight excluding hydrogens is 426 g/mol. The van der Waals surface area contributed by atoms with E-state index in [0.717, 1.165) is 5.56 Å². The number of esters is 1. The molecule has 0 radical (unpaired) electrons. The molecule has 0 bridgehead atoms. The van der Waals surface area contributed by atoms with Gasteiger partial charge < -0.3 is 19.5 Å². The van der Waals surface area contributed by atoms with Crippen molar-refractivity contribution in [2.75, 3.05) is 13.4 Å². The van der Waals surface area contributed by atoms with Crippen molar-refractivity contribution in [2.45, 2.75) is 24.4 Å². The van der Waals surface area contributed by atoms with Crippen LogP contribution in [-0.2, 0) is 30.9 Å². The molecule has 0 spiro atoms. The summed E-state index contributed by atoms with van der Waals surface area (Å²) in [4.78, 5) is 28.4. The molecule has 2 aliphatic rings. The highest BCUT2D eigenvalue weighted by Crippen LogP contribution is 2.32. The van der Waals surface area contributed by atoms with Crippen LogP contribution in [0.5, 0.6) is 11.5 Å². The minimum Gasteiger partial charge on any atom is -0.454 e. The molecule has 2 aliphatic heterocycles. The van der Waals surface area contributed by atoms with E-state index in [4.69, 9.17) is 14.2 Å². The van der Waals surface area contributed by atoms with Gasteiger partial charge in [-0.25, -0.2) is 13.2 Å². The van der Waals surface area contributed by atoms with Gasteiger partial charge in [0.25, 0.3) is 15.9 Å². The van der Waals surface area contributed by atoms with E-state index in [2.05, 4.69) is 15.0 Å². The van der Waals surface area contributed by atoms with Crippen molar-refractivity contribution < 1.29 is 32.2 Å². The monoisotopic (exact) mass is 445 g/mol. The van der Waals surface area contributed by atoms with Crippen molar-refractivity contribution in [2.24, 2.45) is 4.99 Å². The Hall–Kier alpha value is -3.60. The number of rotatable bonds is 6. The van der Waals surface area contributed by atoms with Crippen LogP contribution >= 0.6 is 0 Å². The number of fused-ring (bicyclic) bond motifs is 2. The maximum atomic E-state index is 12.2. The molecule has 10 nitrogen and oxygen atoms in total. The molecule has 0 fully saturated rings. The second kappa shape index (κ2) is 8.26. The molecular formula is C20H19N3O7S. The second-order valence-electron chi connectivity index (χ2n) is 6.83. The molecule has 0 saturated heterocycles. The van der Waals surface area contributed by atoms with Crippen LogP contribution in [0.4, 0.5) is 0 Å². The zero-order valence-corrected chi connectivity index (χ0v) is 17.3. The molecule has 2 aromatic carbocycles. The molecule has 1 amide bonds. The third-order valence-electron chi connectivity index (χ3n) is 4.60. The Morgan fingerprint density at radius 3 is 2.81 bits per heavy atom. The molecule has 0 aliphatic carbocycles. The molecule has 1 atom stereocenters. The van der Waals surface area contributed by atoms with Crippen molar-refractivity contribution in [1.29, 1.82) is 0 Å². The average molecular weight is 445 g/mol. The minimum absolute atomic E-state index is 0.0623. The number of hydrogen-bond acceptors (Lipinski definition) is 8. The number of nitrogens with one attached hydrogen (secondary N) is 2.